The Morgan fingerprint density at radius 1 is 1.06 bits per heavy atom. The Hall–Kier alpha value is -3.08. The summed E-state index contributed by atoms with van der Waals surface area (Å²) in [5.74, 6) is 1.34. The van der Waals surface area contributed by atoms with Gasteiger partial charge in [-0.1, -0.05) is 19.9 Å². The van der Waals surface area contributed by atoms with E-state index in [1.54, 1.807) is 12.1 Å². The number of ether oxygens (including phenoxy) is 2. The first-order chi connectivity index (χ1) is 14.9. The summed E-state index contributed by atoms with van der Waals surface area (Å²) >= 11 is 0. The zero-order chi connectivity index (χ0) is 22.0. The van der Waals surface area contributed by atoms with E-state index in [2.05, 4.69) is 26.8 Å². The van der Waals surface area contributed by atoms with Crippen molar-refractivity contribution >= 4 is 16.9 Å². The molecule has 0 radical (unpaired) electrons. The van der Waals surface area contributed by atoms with E-state index in [1.807, 2.05) is 18.2 Å². The van der Waals surface area contributed by atoms with Crippen molar-refractivity contribution in [3.8, 4) is 11.5 Å². The number of carbonyl (C=O) groups is 1. The molecule has 0 amide bonds. The third-order valence-corrected chi connectivity index (χ3v) is 5.83. The summed E-state index contributed by atoms with van der Waals surface area (Å²) in [6.07, 6.45) is 3.43. The molecule has 31 heavy (non-hydrogen) atoms. The molecule has 1 aliphatic rings. The summed E-state index contributed by atoms with van der Waals surface area (Å²) in [6, 6.07) is 11.4. The fourth-order valence-corrected chi connectivity index (χ4v) is 4.30. The predicted octanol–water partition coefficient (Wildman–Crippen LogP) is 5.48. The molecule has 3 aromatic rings. The molecule has 0 atom stereocenters. The average Bonchev–Trinajstić information content (AvgIpc) is 3.22. The van der Waals surface area contributed by atoms with Gasteiger partial charge in [-0.15, -0.1) is 0 Å². The van der Waals surface area contributed by atoms with E-state index >= 15 is 0 Å². The number of aryl methyl sites for hydroxylation is 2. The minimum absolute atomic E-state index is 0.245. The van der Waals surface area contributed by atoms with Gasteiger partial charge >= 0.3 is 11.6 Å². The van der Waals surface area contributed by atoms with E-state index in [9.17, 15) is 9.59 Å². The molecule has 0 N–H and O–H groups in total. The lowest BCUT2D eigenvalue weighted by Crippen LogP contribution is -2.10. The Morgan fingerprint density at radius 3 is 2.61 bits per heavy atom. The van der Waals surface area contributed by atoms with E-state index in [0.29, 0.717) is 30.3 Å². The van der Waals surface area contributed by atoms with Gasteiger partial charge in [0.25, 0.3) is 0 Å². The highest BCUT2D eigenvalue weighted by atomic mass is 16.5. The maximum Gasteiger partial charge on any atom is 0.339 e. The number of hydrogen-bond acceptors (Lipinski definition) is 5. The van der Waals surface area contributed by atoms with Gasteiger partial charge in [0.1, 0.15) is 17.1 Å². The molecule has 4 rings (SSSR count). The van der Waals surface area contributed by atoms with E-state index in [0.717, 1.165) is 41.5 Å². The monoisotopic (exact) mass is 420 g/mol. The second kappa shape index (κ2) is 8.96. The highest BCUT2D eigenvalue weighted by Gasteiger charge is 2.20. The van der Waals surface area contributed by atoms with Crippen LogP contribution in [0.3, 0.4) is 0 Å². The van der Waals surface area contributed by atoms with Crippen LogP contribution in [-0.2, 0) is 17.6 Å². The molecule has 0 unspecified atom stereocenters. The second-order valence-electron chi connectivity index (χ2n) is 8.46. The number of carbonyl (C=O) groups excluding carboxylic acids is 1. The molecule has 1 aliphatic carbocycles. The first-order valence-corrected chi connectivity index (χ1v) is 10.9. The fraction of sp³-hybridized carbons (Fsp3) is 0.385. The van der Waals surface area contributed by atoms with Gasteiger partial charge in [0.05, 0.1) is 6.61 Å². The largest absolute Gasteiger partial charge is 0.494 e. The van der Waals surface area contributed by atoms with Crippen molar-refractivity contribution in [2.24, 2.45) is 0 Å². The lowest BCUT2D eigenvalue weighted by atomic mass is 9.98. The average molecular weight is 421 g/mol. The quantitative estimate of drug-likeness (QED) is 0.219. The van der Waals surface area contributed by atoms with Crippen LogP contribution in [0.1, 0.15) is 61.3 Å². The molecule has 1 aromatic heterocycles. The number of benzene rings is 2. The van der Waals surface area contributed by atoms with E-state index in [1.165, 1.54) is 11.1 Å². The smallest absolute Gasteiger partial charge is 0.339 e. The van der Waals surface area contributed by atoms with Crippen LogP contribution in [0.15, 0.2) is 45.6 Å². The number of rotatable bonds is 7. The zero-order valence-corrected chi connectivity index (χ0v) is 18.3. The Kier molecular flexibility index (Phi) is 6.12. The molecule has 0 saturated heterocycles. The molecule has 5 nitrogen and oxygen atoms in total. The summed E-state index contributed by atoms with van der Waals surface area (Å²) in [4.78, 5) is 24.4. The Bertz CT molecular complexity index is 1170. The van der Waals surface area contributed by atoms with Crippen molar-refractivity contribution in [2.75, 3.05) is 6.61 Å². The molecule has 2 aromatic carbocycles. The summed E-state index contributed by atoms with van der Waals surface area (Å²) in [5.41, 5.74) is 4.56. The third-order valence-electron chi connectivity index (χ3n) is 5.83. The molecule has 1 heterocycles. The Balaban J connectivity index is 1.31. The van der Waals surface area contributed by atoms with Crippen molar-refractivity contribution in [1.29, 1.82) is 0 Å². The van der Waals surface area contributed by atoms with Crippen molar-refractivity contribution in [1.82, 2.24) is 0 Å². The summed E-state index contributed by atoms with van der Waals surface area (Å²) in [5, 5.41) is 0.930. The van der Waals surface area contributed by atoms with Gasteiger partial charge < -0.3 is 13.9 Å². The number of esters is 1. The molecular formula is C26H28O5. The standard InChI is InChI=1S/C26H28O5/c1-16(2)20-11-9-18(14-17(20)3)29-13-5-8-25(27)30-19-10-12-22-21-6-4-7-23(21)26(28)31-24(22)15-19/h9-12,14-16H,4-8,13H2,1-3H3. The molecule has 5 heteroatoms. The van der Waals surface area contributed by atoms with Gasteiger partial charge in [-0.3, -0.25) is 4.79 Å². The van der Waals surface area contributed by atoms with Crippen LogP contribution < -0.4 is 15.1 Å². The van der Waals surface area contributed by atoms with Gasteiger partial charge in [0.2, 0.25) is 0 Å². The molecule has 0 bridgehead atoms. The van der Waals surface area contributed by atoms with Crippen LogP contribution in [0.4, 0.5) is 0 Å². The van der Waals surface area contributed by atoms with Crippen molar-refractivity contribution < 1.29 is 18.7 Å². The lowest BCUT2D eigenvalue weighted by Gasteiger charge is -2.12. The molecule has 0 spiro atoms. The first kappa shape index (κ1) is 21.2. The highest BCUT2D eigenvalue weighted by molar-refractivity contribution is 5.84. The molecule has 162 valence electrons. The topological polar surface area (TPSA) is 65.7 Å². The zero-order valence-electron chi connectivity index (χ0n) is 18.3. The van der Waals surface area contributed by atoms with Gasteiger partial charge in [-0.25, -0.2) is 4.79 Å². The van der Waals surface area contributed by atoms with Gasteiger partial charge in [-0.2, -0.15) is 0 Å². The van der Waals surface area contributed by atoms with Gasteiger partial charge in [0, 0.05) is 23.4 Å². The van der Waals surface area contributed by atoms with Crippen LogP contribution in [-0.4, -0.2) is 12.6 Å². The molecule has 0 fully saturated rings. The van der Waals surface area contributed by atoms with Crippen LogP contribution in [0.5, 0.6) is 11.5 Å². The lowest BCUT2D eigenvalue weighted by molar-refractivity contribution is -0.134. The van der Waals surface area contributed by atoms with E-state index in [-0.39, 0.29) is 18.0 Å². The highest BCUT2D eigenvalue weighted by Crippen LogP contribution is 2.30. The molecule has 0 saturated carbocycles. The minimum Gasteiger partial charge on any atom is -0.494 e. The second-order valence-corrected chi connectivity index (χ2v) is 8.46. The number of hydrogen-bond donors (Lipinski definition) is 0. The van der Waals surface area contributed by atoms with Crippen LogP contribution in [0.25, 0.3) is 11.0 Å². The van der Waals surface area contributed by atoms with Crippen molar-refractivity contribution in [3.63, 3.8) is 0 Å². The third kappa shape index (κ3) is 4.66. The van der Waals surface area contributed by atoms with Crippen molar-refractivity contribution in [2.45, 2.75) is 58.8 Å². The van der Waals surface area contributed by atoms with Gasteiger partial charge in [0.15, 0.2) is 0 Å². The maximum absolute atomic E-state index is 12.2. The normalized spacial score (nSPS) is 12.9. The van der Waals surface area contributed by atoms with Crippen LogP contribution in [0, 0.1) is 6.92 Å². The predicted molar refractivity (Wildman–Crippen MR) is 120 cm³/mol. The van der Waals surface area contributed by atoms with Crippen LogP contribution >= 0.6 is 0 Å². The van der Waals surface area contributed by atoms with E-state index < -0.39 is 0 Å². The minimum atomic E-state index is -0.335. The number of fused-ring (bicyclic) bond motifs is 3. The summed E-state index contributed by atoms with van der Waals surface area (Å²) < 4.78 is 16.7. The SMILES string of the molecule is Cc1cc(OCCCC(=O)Oc2ccc3c4c(c(=O)oc3c2)CCC4)ccc1C(C)C. The fourth-order valence-electron chi connectivity index (χ4n) is 4.30. The van der Waals surface area contributed by atoms with Crippen molar-refractivity contribution in [3.05, 3.63) is 69.1 Å². The summed E-state index contributed by atoms with van der Waals surface area (Å²) in [6.45, 7) is 6.86. The Labute approximate surface area is 182 Å². The maximum atomic E-state index is 12.2. The summed E-state index contributed by atoms with van der Waals surface area (Å²) in [7, 11) is 0. The van der Waals surface area contributed by atoms with E-state index in [4.69, 9.17) is 13.9 Å². The Morgan fingerprint density at radius 2 is 1.84 bits per heavy atom. The molecule has 0 aliphatic heterocycles. The first-order valence-electron chi connectivity index (χ1n) is 10.9. The van der Waals surface area contributed by atoms with Gasteiger partial charge in [-0.05, 0) is 79.5 Å². The molecular weight excluding hydrogens is 392 g/mol. The van der Waals surface area contributed by atoms with Crippen LogP contribution in [0.2, 0.25) is 0 Å².